The Bertz CT molecular complexity index is 858. The highest BCUT2D eigenvalue weighted by molar-refractivity contribution is 5.91. The maximum absolute atomic E-state index is 13.0. The van der Waals surface area contributed by atoms with Crippen molar-refractivity contribution >= 4 is 17.4 Å². The Hall–Kier alpha value is -2.76. The molecule has 3 rings (SSSR count). The molecule has 1 aliphatic heterocycles. The summed E-state index contributed by atoms with van der Waals surface area (Å²) in [6, 6.07) is 9.56. The molecular formula is C26H38N4O2. The number of nitrogens with one attached hydrogen (secondary N) is 2. The van der Waals surface area contributed by atoms with Crippen molar-refractivity contribution in [1.82, 2.24) is 10.3 Å². The molecule has 0 spiro atoms. The first-order valence-corrected chi connectivity index (χ1v) is 11.9. The summed E-state index contributed by atoms with van der Waals surface area (Å²) in [6.45, 7) is 11.3. The van der Waals surface area contributed by atoms with Gasteiger partial charge in [-0.15, -0.1) is 0 Å². The molecule has 0 aliphatic carbocycles. The van der Waals surface area contributed by atoms with Gasteiger partial charge in [0.25, 0.3) is 0 Å². The van der Waals surface area contributed by atoms with E-state index in [1.807, 2.05) is 24.4 Å². The van der Waals surface area contributed by atoms with E-state index in [-0.39, 0.29) is 17.5 Å². The van der Waals surface area contributed by atoms with Crippen molar-refractivity contribution in [2.75, 3.05) is 29.9 Å². The molecule has 1 aliphatic rings. The molecular weight excluding hydrogens is 400 g/mol. The van der Waals surface area contributed by atoms with Gasteiger partial charge < -0.3 is 20.3 Å². The zero-order chi connectivity index (χ0) is 23.0. The average molecular weight is 439 g/mol. The predicted molar refractivity (Wildman–Crippen MR) is 131 cm³/mol. The number of pyridine rings is 1. The van der Waals surface area contributed by atoms with E-state index in [1.165, 1.54) is 12.8 Å². The number of hydrogen-bond donors (Lipinski definition) is 2. The molecule has 6 heteroatoms. The zero-order valence-electron chi connectivity index (χ0n) is 20.0. The summed E-state index contributed by atoms with van der Waals surface area (Å²) >= 11 is 0. The Balaban J connectivity index is 1.75. The van der Waals surface area contributed by atoms with Crippen molar-refractivity contribution in [3.8, 4) is 5.75 Å². The van der Waals surface area contributed by atoms with E-state index in [1.54, 1.807) is 6.20 Å². The lowest BCUT2D eigenvalue weighted by molar-refractivity contribution is 0.229. The van der Waals surface area contributed by atoms with Crippen molar-refractivity contribution in [3.05, 3.63) is 48.3 Å². The first-order valence-electron chi connectivity index (χ1n) is 11.9. The molecule has 174 valence electrons. The van der Waals surface area contributed by atoms with Crippen LogP contribution < -0.4 is 20.3 Å². The fraction of sp³-hybridized carbons (Fsp3) is 0.538. The first kappa shape index (κ1) is 23.9. The van der Waals surface area contributed by atoms with Crippen molar-refractivity contribution in [3.63, 3.8) is 0 Å². The van der Waals surface area contributed by atoms with Crippen LogP contribution in [0, 0.1) is 5.41 Å². The van der Waals surface area contributed by atoms with Crippen LogP contribution in [-0.4, -0.2) is 30.7 Å². The van der Waals surface area contributed by atoms with Gasteiger partial charge in [0.15, 0.2) is 0 Å². The maximum Gasteiger partial charge on any atom is 0.319 e. The smallest absolute Gasteiger partial charge is 0.319 e. The number of ether oxygens (including phenoxy) is 1. The Morgan fingerprint density at radius 2 is 1.97 bits per heavy atom. The largest absolute Gasteiger partial charge is 0.491 e. The third-order valence-corrected chi connectivity index (χ3v) is 5.85. The molecule has 0 saturated carbocycles. The molecule has 2 heterocycles. The first-order chi connectivity index (χ1) is 15.4. The van der Waals surface area contributed by atoms with Crippen LogP contribution in [0.5, 0.6) is 5.75 Å². The quantitative estimate of drug-likeness (QED) is 0.460. The molecule has 0 bridgehead atoms. The summed E-state index contributed by atoms with van der Waals surface area (Å²) in [7, 11) is 0. The van der Waals surface area contributed by atoms with Gasteiger partial charge >= 0.3 is 6.03 Å². The normalized spacial score (nSPS) is 14.8. The van der Waals surface area contributed by atoms with Crippen LogP contribution in [0.3, 0.4) is 0 Å². The lowest BCUT2D eigenvalue weighted by Crippen LogP contribution is -2.39. The van der Waals surface area contributed by atoms with Crippen molar-refractivity contribution in [2.24, 2.45) is 5.41 Å². The second-order valence-electron chi connectivity index (χ2n) is 9.61. The van der Waals surface area contributed by atoms with E-state index in [2.05, 4.69) is 60.3 Å². The van der Waals surface area contributed by atoms with Gasteiger partial charge in [0.2, 0.25) is 0 Å². The molecule has 2 amide bonds. The number of benzene rings is 1. The molecule has 1 aromatic carbocycles. The average Bonchev–Trinajstić information content (AvgIpc) is 3.31. The molecule has 32 heavy (non-hydrogen) atoms. The van der Waals surface area contributed by atoms with Gasteiger partial charge in [0.1, 0.15) is 5.75 Å². The number of carbonyl (C=O) groups is 1. The fourth-order valence-electron chi connectivity index (χ4n) is 4.08. The van der Waals surface area contributed by atoms with Crippen LogP contribution in [0.1, 0.15) is 71.4 Å². The fourth-order valence-corrected chi connectivity index (χ4v) is 4.08. The minimum absolute atomic E-state index is 0.167. The van der Waals surface area contributed by atoms with Crippen molar-refractivity contribution < 1.29 is 9.53 Å². The Kier molecular flexibility index (Phi) is 8.37. The number of aromatic nitrogens is 1. The van der Waals surface area contributed by atoms with Gasteiger partial charge in [-0.05, 0) is 48.4 Å². The second-order valence-corrected chi connectivity index (χ2v) is 9.61. The zero-order valence-corrected chi connectivity index (χ0v) is 20.0. The SMILES string of the molecule is CCCCCOc1cc(N2CCCC2)ccc1NC(=O)NC(c1cccnc1)C(C)(C)C. The van der Waals surface area contributed by atoms with Gasteiger partial charge in [-0.25, -0.2) is 4.79 Å². The Morgan fingerprint density at radius 3 is 2.62 bits per heavy atom. The molecule has 1 aromatic heterocycles. The van der Waals surface area contributed by atoms with Gasteiger partial charge in [-0.3, -0.25) is 4.98 Å². The number of hydrogen-bond acceptors (Lipinski definition) is 4. The number of anilines is 2. The van der Waals surface area contributed by atoms with Crippen LogP contribution in [-0.2, 0) is 0 Å². The molecule has 6 nitrogen and oxygen atoms in total. The number of rotatable bonds is 9. The molecule has 1 fully saturated rings. The predicted octanol–water partition coefficient (Wildman–Crippen LogP) is 6.16. The lowest BCUT2D eigenvalue weighted by Gasteiger charge is -2.31. The van der Waals surface area contributed by atoms with Crippen LogP contribution in [0.4, 0.5) is 16.2 Å². The van der Waals surface area contributed by atoms with E-state index >= 15 is 0 Å². The van der Waals surface area contributed by atoms with Gasteiger partial charge in [0.05, 0.1) is 18.3 Å². The van der Waals surface area contributed by atoms with Gasteiger partial charge in [-0.1, -0.05) is 46.6 Å². The van der Waals surface area contributed by atoms with E-state index in [4.69, 9.17) is 4.74 Å². The minimum Gasteiger partial charge on any atom is -0.491 e. The van der Waals surface area contributed by atoms with Crippen LogP contribution in [0.25, 0.3) is 0 Å². The third kappa shape index (κ3) is 6.62. The number of carbonyl (C=O) groups excluding carboxylic acids is 1. The molecule has 1 atom stereocenters. The molecule has 0 radical (unpaired) electrons. The monoisotopic (exact) mass is 438 g/mol. The Morgan fingerprint density at radius 1 is 1.19 bits per heavy atom. The summed E-state index contributed by atoms with van der Waals surface area (Å²) in [5.41, 5.74) is 2.66. The maximum atomic E-state index is 13.0. The summed E-state index contributed by atoms with van der Waals surface area (Å²) in [5.74, 6) is 0.731. The van der Waals surface area contributed by atoms with Crippen molar-refractivity contribution in [2.45, 2.75) is 65.8 Å². The highest BCUT2D eigenvalue weighted by atomic mass is 16.5. The molecule has 2 aromatic rings. The number of amides is 2. The molecule has 1 unspecified atom stereocenters. The van der Waals surface area contributed by atoms with Crippen LogP contribution >= 0.6 is 0 Å². The highest BCUT2D eigenvalue weighted by Gasteiger charge is 2.28. The van der Waals surface area contributed by atoms with Crippen LogP contribution in [0.2, 0.25) is 0 Å². The lowest BCUT2D eigenvalue weighted by atomic mass is 9.83. The van der Waals surface area contributed by atoms with Crippen molar-refractivity contribution in [1.29, 1.82) is 0 Å². The summed E-state index contributed by atoms with van der Waals surface area (Å²) in [4.78, 5) is 19.6. The minimum atomic E-state index is -0.249. The number of urea groups is 1. The summed E-state index contributed by atoms with van der Waals surface area (Å²) in [6.07, 6.45) is 9.27. The van der Waals surface area contributed by atoms with E-state index in [0.717, 1.165) is 49.4 Å². The number of nitrogens with zero attached hydrogens (tertiary/aromatic N) is 2. The van der Waals surface area contributed by atoms with E-state index < -0.39 is 0 Å². The summed E-state index contributed by atoms with van der Waals surface area (Å²) in [5, 5.41) is 6.17. The molecule has 1 saturated heterocycles. The van der Waals surface area contributed by atoms with Gasteiger partial charge in [0, 0.05) is 37.2 Å². The summed E-state index contributed by atoms with van der Waals surface area (Å²) < 4.78 is 6.12. The molecule has 2 N–H and O–H groups in total. The number of unbranched alkanes of at least 4 members (excludes halogenated alkanes) is 2. The second kappa shape index (κ2) is 11.2. The topological polar surface area (TPSA) is 66.5 Å². The van der Waals surface area contributed by atoms with E-state index in [0.29, 0.717) is 12.3 Å². The van der Waals surface area contributed by atoms with E-state index in [9.17, 15) is 4.79 Å². The standard InChI is InChI=1S/C26H38N4O2/c1-5-6-9-17-32-23-18-21(30-15-7-8-16-30)12-13-22(23)28-25(31)29-24(26(2,3)4)20-11-10-14-27-19-20/h10-14,18-19,24H,5-9,15-17H2,1-4H3,(H2,28,29,31). The van der Waals surface area contributed by atoms with Crippen LogP contribution in [0.15, 0.2) is 42.7 Å². The van der Waals surface area contributed by atoms with Gasteiger partial charge in [-0.2, -0.15) is 0 Å². The third-order valence-electron chi connectivity index (χ3n) is 5.85. The Labute approximate surface area is 192 Å². The highest BCUT2D eigenvalue weighted by Crippen LogP contribution is 2.34.